The van der Waals surface area contributed by atoms with Crippen molar-refractivity contribution in [3.8, 4) is 0 Å². The van der Waals surface area contributed by atoms with E-state index in [2.05, 4.69) is 5.32 Å². The zero-order valence-electron chi connectivity index (χ0n) is 8.27. The summed E-state index contributed by atoms with van der Waals surface area (Å²) in [5.74, 6) is 0. The van der Waals surface area contributed by atoms with Crippen molar-refractivity contribution in [2.45, 2.75) is 24.6 Å². The summed E-state index contributed by atoms with van der Waals surface area (Å²) in [5.41, 5.74) is 1.05. The zero-order valence-corrected chi connectivity index (χ0v) is 9.08. The molecule has 4 nitrogen and oxygen atoms in total. The Morgan fingerprint density at radius 3 is 2.64 bits per heavy atom. The van der Waals surface area contributed by atoms with Gasteiger partial charge in [-0.3, -0.25) is 4.55 Å². The minimum Gasteiger partial charge on any atom is -0.313 e. The van der Waals surface area contributed by atoms with Crippen molar-refractivity contribution in [1.29, 1.82) is 0 Å². The summed E-state index contributed by atoms with van der Waals surface area (Å²) >= 11 is 0. The first-order valence-corrected chi connectivity index (χ1v) is 5.97. The fourth-order valence-corrected chi connectivity index (χ4v) is 1.94. The molecule has 5 heteroatoms. The van der Waals surface area contributed by atoms with Crippen LogP contribution in [0.1, 0.15) is 13.3 Å². The zero-order chi connectivity index (χ0) is 10.8. The van der Waals surface area contributed by atoms with Crippen molar-refractivity contribution in [3.63, 3.8) is 0 Å². The molecule has 2 unspecified atom stereocenters. The van der Waals surface area contributed by atoms with E-state index in [0.29, 0.717) is 6.42 Å². The lowest BCUT2D eigenvalue weighted by Crippen LogP contribution is -2.26. The molecule has 0 fully saturated rings. The summed E-state index contributed by atoms with van der Waals surface area (Å²) in [6, 6.07) is 0.202. The van der Waals surface area contributed by atoms with Crippen LogP contribution < -0.4 is 5.32 Å². The number of allylic oxidation sites excluding steroid dienone is 1. The van der Waals surface area contributed by atoms with E-state index in [1.165, 1.54) is 6.08 Å². The fourth-order valence-electron chi connectivity index (χ4n) is 1.33. The third kappa shape index (κ3) is 2.67. The third-order valence-electron chi connectivity index (χ3n) is 2.40. The summed E-state index contributed by atoms with van der Waals surface area (Å²) in [4.78, 5) is 0. The lowest BCUT2D eigenvalue weighted by Gasteiger charge is -2.17. The summed E-state index contributed by atoms with van der Waals surface area (Å²) in [6.07, 6.45) is 5.44. The largest absolute Gasteiger partial charge is 0.313 e. The molecule has 0 heterocycles. The lowest BCUT2D eigenvalue weighted by molar-refractivity contribution is 0.474. The molecule has 0 amide bonds. The Morgan fingerprint density at radius 1 is 1.64 bits per heavy atom. The van der Waals surface area contributed by atoms with Gasteiger partial charge < -0.3 is 5.32 Å². The summed E-state index contributed by atoms with van der Waals surface area (Å²) < 4.78 is 30.4. The average Bonchev–Trinajstić information content (AvgIpc) is 2.15. The maximum absolute atomic E-state index is 10.8. The van der Waals surface area contributed by atoms with Gasteiger partial charge in [0.1, 0.15) is 5.25 Å². The molecule has 80 valence electrons. The summed E-state index contributed by atoms with van der Waals surface area (Å²) in [6.45, 7) is 1.99. The Labute approximate surface area is 84.5 Å². The van der Waals surface area contributed by atoms with Gasteiger partial charge >= 0.3 is 0 Å². The Morgan fingerprint density at radius 2 is 2.29 bits per heavy atom. The predicted octanol–water partition coefficient (Wildman–Crippen LogP) is 0.737. The first-order chi connectivity index (χ1) is 6.45. The highest BCUT2D eigenvalue weighted by Crippen LogP contribution is 2.18. The van der Waals surface area contributed by atoms with Crippen molar-refractivity contribution >= 4 is 10.1 Å². The molecule has 1 rings (SSSR count). The molecule has 0 radical (unpaired) electrons. The van der Waals surface area contributed by atoms with Crippen molar-refractivity contribution in [2.75, 3.05) is 7.05 Å². The molecule has 0 aliphatic heterocycles. The highest BCUT2D eigenvalue weighted by atomic mass is 32.2. The van der Waals surface area contributed by atoms with Gasteiger partial charge in [-0.2, -0.15) is 8.42 Å². The first kappa shape index (κ1) is 11.4. The summed E-state index contributed by atoms with van der Waals surface area (Å²) in [5, 5.41) is 2.27. The van der Waals surface area contributed by atoms with Gasteiger partial charge in [0.2, 0.25) is 0 Å². The molecule has 0 saturated carbocycles. The molecule has 2 N–H and O–H groups in total. The summed E-state index contributed by atoms with van der Waals surface area (Å²) in [7, 11) is -2.09. The second-order valence-corrected chi connectivity index (χ2v) is 5.00. The van der Waals surface area contributed by atoms with E-state index in [1.807, 2.05) is 20.0 Å². The maximum atomic E-state index is 10.8. The number of nitrogens with one attached hydrogen (secondary N) is 1. The van der Waals surface area contributed by atoms with Crippen LogP contribution in [0.3, 0.4) is 0 Å². The van der Waals surface area contributed by atoms with Crippen LogP contribution in [-0.4, -0.2) is 31.3 Å². The van der Waals surface area contributed by atoms with Gasteiger partial charge in [-0.25, -0.2) is 0 Å². The molecule has 0 aromatic carbocycles. The molecule has 2 atom stereocenters. The molecule has 0 bridgehead atoms. The lowest BCUT2D eigenvalue weighted by atomic mass is 10.0. The van der Waals surface area contributed by atoms with Crippen LogP contribution in [0.4, 0.5) is 0 Å². The van der Waals surface area contributed by atoms with Gasteiger partial charge in [-0.05, 0) is 26.0 Å². The van der Waals surface area contributed by atoms with Gasteiger partial charge in [-0.1, -0.05) is 18.2 Å². The minimum absolute atomic E-state index is 0.202. The van der Waals surface area contributed by atoms with Gasteiger partial charge in [0, 0.05) is 6.04 Å². The monoisotopic (exact) mass is 217 g/mol. The van der Waals surface area contributed by atoms with E-state index in [-0.39, 0.29) is 6.04 Å². The quantitative estimate of drug-likeness (QED) is 0.684. The van der Waals surface area contributed by atoms with Gasteiger partial charge in [0.05, 0.1) is 0 Å². The maximum Gasteiger partial charge on any atom is 0.271 e. The van der Waals surface area contributed by atoms with Crippen LogP contribution in [0.25, 0.3) is 0 Å². The number of likely N-dealkylation sites (N-methyl/N-ethyl adjacent to an activating group) is 1. The smallest absolute Gasteiger partial charge is 0.271 e. The Bertz CT molecular complexity index is 356. The Hall–Kier alpha value is -0.650. The van der Waals surface area contributed by atoms with Crippen LogP contribution in [-0.2, 0) is 10.1 Å². The first-order valence-electron chi connectivity index (χ1n) is 4.47. The van der Waals surface area contributed by atoms with Crippen LogP contribution in [0.15, 0.2) is 23.8 Å². The fraction of sp³-hybridized carbons (Fsp3) is 0.556. The number of hydrogen-bond acceptors (Lipinski definition) is 3. The molecule has 0 saturated heterocycles. The van der Waals surface area contributed by atoms with E-state index >= 15 is 0 Å². The average molecular weight is 217 g/mol. The van der Waals surface area contributed by atoms with Crippen molar-refractivity contribution < 1.29 is 13.0 Å². The highest BCUT2D eigenvalue weighted by Gasteiger charge is 2.21. The second kappa shape index (κ2) is 4.25. The predicted molar refractivity (Wildman–Crippen MR) is 55.7 cm³/mol. The van der Waals surface area contributed by atoms with E-state index in [1.54, 1.807) is 6.08 Å². The van der Waals surface area contributed by atoms with E-state index < -0.39 is 15.4 Å². The van der Waals surface area contributed by atoms with E-state index in [4.69, 9.17) is 4.55 Å². The number of rotatable bonds is 3. The van der Waals surface area contributed by atoms with Crippen molar-refractivity contribution in [1.82, 2.24) is 5.32 Å². The standard InChI is InChI=1S/C9H15NO3S/c1-7(10-2)8-3-5-9(6-4-8)14(11,12)13/h3-5,7,9-10H,6H2,1-2H3,(H,11,12,13). The molecule has 0 spiro atoms. The van der Waals surface area contributed by atoms with Crippen molar-refractivity contribution in [3.05, 3.63) is 23.8 Å². The normalized spacial score (nSPS) is 24.5. The van der Waals surface area contributed by atoms with E-state index in [9.17, 15) is 8.42 Å². The molecular weight excluding hydrogens is 202 g/mol. The van der Waals surface area contributed by atoms with E-state index in [0.717, 1.165) is 5.57 Å². The third-order valence-corrected chi connectivity index (χ3v) is 3.52. The van der Waals surface area contributed by atoms with Crippen molar-refractivity contribution in [2.24, 2.45) is 0 Å². The topological polar surface area (TPSA) is 66.4 Å². The minimum atomic E-state index is -3.93. The molecule has 0 aromatic heterocycles. The molecule has 14 heavy (non-hydrogen) atoms. The van der Waals surface area contributed by atoms with Gasteiger partial charge in [-0.15, -0.1) is 0 Å². The molecule has 1 aliphatic carbocycles. The highest BCUT2D eigenvalue weighted by molar-refractivity contribution is 7.86. The van der Waals surface area contributed by atoms with Crippen LogP contribution in [0, 0.1) is 0 Å². The molecular formula is C9H15NO3S. The van der Waals surface area contributed by atoms with Crippen LogP contribution in [0.5, 0.6) is 0 Å². The molecule has 0 aromatic rings. The Kier molecular flexibility index (Phi) is 3.47. The van der Waals surface area contributed by atoms with Crippen LogP contribution >= 0.6 is 0 Å². The Balaban J connectivity index is 2.72. The van der Waals surface area contributed by atoms with Gasteiger partial charge in [0.15, 0.2) is 0 Å². The van der Waals surface area contributed by atoms with Gasteiger partial charge in [0.25, 0.3) is 10.1 Å². The SMILES string of the molecule is CNC(C)C1=CCC(S(=O)(=O)O)C=C1. The number of hydrogen-bond donors (Lipinski definition) is 2. The van der Waals surface area contributed by atoms with Crippen LogP contribution in [0.2, 0.25) is 0 Å². The molecule has 1 aliphatic rings. The second-order valence-electron chi connectivity index (χ2n) is 3.36.